The minimum absolute atomic E-state index is 0.0162. The van der Waals surface area contributed by atoms with Crippen molar-refractivity contribution >= 4 is 81.4 Å². The van der Waals surface area contributed by atoms with Gasteiger partial charge in [0.25, 0.3) is 11.8 Å². The first-order chi connectivity index (χ1) is 11.0. The van der Waals surface area contributed by atoms with Gasteiger partial charge in [0.15, 0.2) is 7.59 Å². The number of hydrogen-bond donors (Lipinski definition) is 1. The summed E-state index contributed by atoms with van der Waals surface area (Å²) >= 11 is 34.9. The van der Waals surface area contributed by atoms with E-state index in [4.69, 9.17) is 69.6 Å². The molecule has 1 aliphatic rings. The number of carbonyl (C=O) groups excluding carboxylic acids is 2. The molecule has 25 heavy (non-hydrogen) atoms. The van der Waals surface area contributed by atoms with Gasteiger partial charge >= 0.3 is 0 Å². The molecule has 1 heterocycles. The average Bonchev–Trinajstić information content (AvgIpc) is 2.45. The minimum atomic E-state index is -2.16. The molecule has 144 valence electrons. The SMILES string of the molecule is C[C@@H](/C=C1/C(=O)N(C)C(O)(C[C@H](C)C(Cl)(Cl)Cl)C(=O)N1C)C(Cl)(Cl)Cl. The number of aliphatic hydroxyl groups is 1. The van der Waals surface area contributed by atoms with Crippen LogP contribution < -0.4 is 0 Å². The predicted octanol–water partition coefficient (Wildman–Crippen LogP) is 3.89. The van der Waals surface area contributed by atoms with Gasteiger partial charge in [-0.1, -0.05) is 83.5 Å². The standard InChI is InChI=1S/C14H18Cl6N2O3/c1-7(13(15,16)17)5-9-10(23)22(4)12(25,11(24)21(9)3)6-8(2)14(18,19)20/h5,7-8,25H,6H2,1-4H3/b9-5-/t7-,8-,12?/m0/s1. The molecule has 0 aromatic rings. The molecular formula is C14H18Cl6N2O3. The quantitative estimate of drug-likeness (QED) is 0.498. The van der Waals surface area contributed by atoms with Crippen molar-refractivity contribution < 1.29 is 14.7 Å². The number of likely N-dealkylation sites (N-methyl/N-ethyl adjacent to an activating group) is 2. The molecule has 0 aromatic carbocycles. The monoisotopic (exact) mass is 472 g/mol. The molecule has 0 spiro atoms. The van der Waals surface area contributed by atoms with Crippen LogP contribution in [-0.2, 0) is 9.59 Å². The maximum absolute atomic E-state index is 12.7. The smallest absolute Gasteiger partial charge is 0.280 e. The molecule has 1 N–H and O–H groups in total. The number of nitrogens with zero attached hydrogens (tertiary/aromatic N) is 2. The van der Waals surface area contributed by atoms with Crippen LogP contribution in [-0.4, -0.2) is 54.1 Å². The molecule has 1 aliphatic heterocycles. The third kappa shape index (κ3) is 5.01. The molecule has 1 fully saturated rings. The van der Waals surface area contributed by atoms with E-state index in [1.165, 1.54) is 20.2 Å². The maximum atomic E-state index is 12.7. The van der Waals surface area contributed by atoms with Crippen LogP contribution in [0.2, 0.25) is 0 Å². The van der Waals surface area contributed by atoms with E-state index in [0.29, 0.717) is 0 Å². The van der Waals surface area contributed by atoms with Crippen molar-refractivity contribution in [3.63, 3.8) is 0 Å². The highest BCUT2D eigenvalue weighted by Gasteiger charge is 2.53. The van der Waals surface area contributed by atoms with Crippen LogP contribution in [0, 0.1) is 11.8 Å². The van der Waals surface area contributed by atoms with Gasteiger partial charge in [-0.25, -0.2) is 0 Å². The van der Waals surface area contributed by atoms with Gasteiger partial charge in [0.1, 0.15) is 5.70 Å². The van der Waals surface area contributed by atoms with Crippen molar-refractivity contribution in [2.75, 3.05) is 14.1 Å². The van der Waals surface area contributed by atoms with E-state index in [0.717, 1.165) is 9.80 Å². The Morgan fingerprint density at radius 1 is 1.08 bits per heavy atom. The van der Waals surface area contributed by atoms with Crippen LogP contribution >= 0.6 is 69.6 Å². The second-order valence-corrected chi connectivity index (χ2v) is 10.8. The first-order valence-corrected chi connectivity index (χ1v) is 9.44. The summed E-state index contributed by atoms with van der Waals surface area (Å²) < 4.78 is -3.37. The van der Waals surface area contributed by atoms with Gasteiger partial charge in [0, 0.05) is 32.4 Å². The largest absolute Gasteiger partial charge is 0.363 e. The number of allylic oxidation sites excluding steroid dienone is 1. The first-order valence-electron chi connectivity index (χ1n) is 7.17. The molecule has 0 aliphatic carbocycles. The molecule has 5 nitrogen and oxygen atoms in total. The van der Waals surface area contributed by atoms with Gasteiger partial charge in [-0.05, 0) is 6.08 Å². The van der Waals surface area contributed by atoms with Crippen molar-refractivity contribution in [3.05, 3.63) is 11.8 Å². The fourth-order valence-corrected chi connectivity index (χ4v) is 2.71. The zero-order valence-electron chi connectivity index (χ0n) is 13.9. The Morgan fingerprint density at radius 2 is 1.56 bits per heavy atom. The lowest BCUT2D eigenvalue weighted by atomic mass is 9.93. The Kier molecular flexibility index (Phi) is 7.29. The highest BCUT2D eigenvalue weighted by atomic mass is 35.6. The normalized spacial score (nSPS) is 27.1. The van der Waals surface area contributed by atoms with Gasteiger partial charge < -0.3 is 14.9 Å². The van der Waals surface area contributed by atoms with E-state index in [2.05, 4.69) is 0 Å². The summed E-state index contributed by atoms with van der Waals surface area (Å²) in [5, 5.41) is 10.8. The molecule has 0 aromatic heterocycles. The average molecular weight is 475 g/mol. The van der Waals surface area contributed by atoms with Gasteiger partial charge in [-0.2, -0.15) is 0 Å². The van der Waals surface area contributed by atoms with Crippen molar-refractivity contribution in [1.82, 2.24) is 9.80 Å². The molecule has 1 saturated heterocycles. The van der Waals surface area contributed by atoms with Gasteiger partial charge in [0.2, 0.25) is 5.72 Å². The highest BCUT2D eigenvalue weighted by molar-refractivity contribution is 6.68. The van der Waals surface area contributed by atoms with Gasteiger partial charge in [-0.15, -0.1) is 0 Å². The van der Waals surface area contributed by atoms with Crippen molar-refractivity contribution in [2.45, 2.75) is 33.6 Å². The molecule has 2 amide bonds. The summed E-state index contributed by atoms with van der Waals surface area (Å²) in [6.45, 7) is 3.13. The van der Waals surface area contributed by atoms with E-state index in [1.54, 1.807) is 13.8 Å². The Balaban J connectivity index is 3.24. The summed E-state index contributed by atoms with van der Waals surface area (Å²) in [5.41, 5.74) is -2.17. The first kappa shape index (κ1) is 23.4. The van der Waals surface area contributed by atoms with Crippen LogP contribution in [0.15, 0.2) is 11.8 Å². The lowest BCUT2D eigenvalue weighted by Crippen LogP contribution is -2.66. The predicted molar refractivity (Wildman–Crippen MR) is 102 cm³/mol. The van der Waals surface area contributed by atoms with E-state index in [1.807, 2.05) is 0 Å². The fourth-order valence-electron chi connectivity index (χ4n) is 2.29. The Labute approximate surface area is 176 Å². The molecular weight excluding hydrogens is 457 g/mol. The van der Waals surface area contributed by atoms with Crippen molar-refractivity contribution in [3.8, 4) is 0 Å². The van der Waals surface area contributed by atoms with Gasteiger partial charge in [-0.3, -0.25) is 9.59 Å². The Hall–Kier alpha value is 0.380. The number of carbonyl (C=O) groups is 2. The van der Waals surface area contributed by atoms with E-state index in [9.17, 15) is 14.7 Å². The summed E-state index contributed by atoms with van der Waals surface area (Å²) in [5.74, 6) is -2.74. The van der Waals surface area contributed by atoms with Crippen molar-refractivity contribution in [1.29, 1.82) is 0 Å². The number of rotatable bonds is 3. The fraction of sp³-hybridized carbons (Fsp3) is 0.714. The number of hydrogen-bond acceptors (Lipinski definition) is 3. The van der Waals surface area contributed by atoms with Crippen molar-refractivity contribution in [2.24, 2.45) is 11.8 Å². The molecule has 0 bridgehead atoms. The molecule has 1 rings (SSSR count). The van der Waals surface area contributed by atoms with Gasteiger partial charge in [0.05, 0.1) is 0 Å². The van der Waals surface area contributed by atoms with Crippen LogP contribution in [0.1, 0.15) is 20.3 Å². The highest BCUT2D eigenvalue weighted by Crippen LogP contribution is 2.42. The van der Waals surface area contributed by atoms with Crippen LogP contribution in [0.4, 0.5) is 0 Å². The number of piperazine rings is 1. The van der Waals surface area contributed by atoms with E-state index in [-0.39, 0.29) is 12.1 Å². The van der Waals surface area contributed by atoms with Crippen LogP contribution in [0.25, 0.3) is 0 Å². The van der Waals surface area contributed by atoms with E-state index >= 15 is 0 Å². The molecule has 3 atom stereocenters. The van der Waals surface area contributed by atoms with E-state index < -0.39 is 37.0 Å². The molecule has 0 radical (unpaired) electrons. The molecule has 0 saturated carbocycles. The Morgan fingerprint density at radius 3 is 1.96 bits per heavy atom. The Bertz CT molecular complexity index is 586. The topological polar surface area (TPSA) is 60.9 Å². The number of amides is 2. The third-order valence-electron chi connectivity index (χ3n) is 4.16. The molecule has 1 unspecified atom stereocenters. The third-order valence-corrected chi connectivity index (χ3v) is 6.31. The number of halogens is 6. The summed E-state index contributed by atoms with van der Waals surface area (Å²) in [6, 6.07) is 0. The summed E-state index contributed by atoms with van der Waals surface area (Å²) in [4.78, 5) is 27.3. The number of alkyl halides is 6. The lowest BCUT2D eigenvalue weighted by Gasteiger charge is -2.45. The summed E-state index contributed by atoms with van der Waals surface area (Å²) in [6.07, 6.45) is 1.10. The second kappa shape index (κ2) is 7.78. The zero-order chi connectivity index (χ0) is 20.0. The second-order valence-electron chi connectivity index (χ2n) is 6.07. The zero-order valence-corrected chi connectivity index (χ0v) is 18.4. The summed E-state index contributed by atoms with van der Waals surface area (Å²) in [7, 11) is 2.63. The molecule has 11 heteroatoms. The maximum Gasteiger partial charge on any atom is 0.280 e. The lowest BCUT2D eigenvalue weighted by molar-refractivity contribution is -0.187. The van der Waals surface area contributed by atoms with Crippen LogP contribution in [0.3, 0.4) is 0 Å². The van der Waals surface area contributed by atoms with Crippen LogP contribution in [0.5, 0.6) is 0 Å². The minimum Gasteiger partial charge on any atom is -0.363 e.